The van der Waals surface area contributed by atoms with Crippen molar-refractivity contribution in [3.63, 3.8) is 0 Å². The van der Waals surface area contributed by atoms with Crippen LogP contribution >= 0.6 is 11.6 Å². The first-order valence-corrected chi connectivity index (χ1v) is 10.2. The molecule has 0 radical (unpaired) electrons. The van der Waals surface area contributed by atoms with Crippen LogP contribution in [0.15, 0.2) is 90.6 Å². The van der Waals surface area contributed by atoms with Crippen molar-refractivity contribution < 1.29 is 14.4 Å². The number of halogens is 1. The van der Waals surface area contributed by atoms with Gasteiger partial charge in [0.1, 0.15) is 6.04 Å². The number of hydrogen-bond acceptors (Lipinski definition) is 4. The molecule has 6 heteroatoms. The van der Waals surface area contributed by atoms with Crippen molar-refractivity contribution in [2.45, 2.75) is 12.5 Å². The van der Waals surface area contributed by atoms with Gasteiger partial charge in [0.05, 0.1) is 5.70 Å². The maximum absolute atomic E-state index is 13.1. The number of anilines is 1. The minimum atomic E-state index is -0.772. The number of benzene rings is 3. The van der Waals surface area contributed by atoms with Crippen LogP contribution in [-0.4, -0.2) is 23.5 Å². The van der Waals surface area contributed by atoms with Crippen molar-refractivity contribution in [1.82, 2.24) is 5.32 Å². The normalized spacial score (nSPS) is 13.8. The maximum Gasteiger partial charge on any atom is 0.247 e. The second-order valence-corrected chi connectivity index (χ2v) is 7.62. The summed E-state index contributed by atoms with van der Waals surface area (Å²) in [6, 6.07) is 22.1. The van der Waals surface area contributed by atoms with Crippen molar-refractivity contribution in [2.24, 2.45) is 0 Å². The fraction of sp³-hybridized carbons (Fsp3) is 0.0800. The minimum absolute atomic E-state index is 0.107. The van der Waals surface area contributed by atoms with Gasteiger partial charge in [0.2, 0.25) is 11.7 Å². The van der Waals surface area contributed by atoms with Crippen LogP contribution in [0.5, 0.6) is 0 Å². The van der Waals surface area contributed by atoms with Gasteiger partial charge >= 0.3 is 0 Å². The number of ketones is 2. The third-order valence-corrected chi connectivity index (χ3v) is 5.25. The molecule has 1 aliphatic carbocycles. The highest BCUT2D eigenvalue weighted by Crippen LogP contribution is 2.21. The Balaban J connectivity index is 1.60. The summed E-state index contributed by atoms with van der Waals surface area (Å²) in [6.07, 6.45) is 1.60. The van der Waals surface area contributed by atoms with Gasteiger partial charge in [-0.2, -0.15) is 0 Å². The molecule has 31 heavy (non-hydrogen) atoms. The van der Waals surface area contributed by atoms with Crippen LogP contribution in [0, 0.1) is 0 Å². The molecule has 4 rings (SSSR count). The van der Waals surface area contributed by atoms with Crippen molar-refractivity contribution >= 4 is 34.8 Å². The van der Waals surface area contributed by atoms with E-state index in [2.05, 4.69) is 10.6 Å². The molecule has 154 valence electrons. The molecule has 0 bridgehead atoms. The van der Waals surface area contributed by atoms with Crippen LogP contribution < -0.4 is 10.6 Å². The molecule has 3 aromatic carbocycles. The van der Waals surface area contributed by atoms with E-state index in [9.17, 15) is 14.4 Å². The highest BCUT2D eigenvalue weighted by Gasteiger charge is 2.29. The second-order valence-electron chi connectivity index (χ2n) is 7.18. The van der Waals surface area contributed by atoms with E-state index in [1.807, 2.05) is 30.3 Å². The Morgan fingerprint density at radius 2 is 1.48 bits per heavy atom. The number of fused-ring (bicyclic) bond motifs is 1. The molecule has 0 aromatic heterocycles. The Kier molecular flexibility index (Phi) is 5.96. The summed E-state index contributed by atoms with van der Waals surface area (Å²) in [5.74, 6) is -0.909. The van der Waals surface area contributed by atoms with Gasteiger partial charge in [-0.1, -0.05) is 66.2 Å². The van der Waals surface area contributed by atoms with Gasteiger partial charge in [0.15, 0.2) is 5.78 Å². The fourth-order valence-electron chi connectivity index (χ4n) is 3.43. The van der Waals surface area contributed by atoms with E-state index in [0.29, 0.717) is 28.3 Å². The lowest BCUT2D eigenvalue weighted by molar-refractivity contribution is -0.117. The van der Waals surface area contributed by atoms with Crippen LogP contribution in [-0.2, 0) is 11.2 Å². The van der Waals surface area contributed by atoms with E-state index < -0.39 is 6.04 Å². The third-order valence-electron chi connectivity index (χ3n) is 5.00. The zero-order valence-corrected chi connectivity index (χ0v) is 17.2. The smallest absolute Gasteiger partial charge is 0.247 e. The molecule has 0 spiro atoms. The lowest BCUT2D eigenvalue weighted by Gasteiger charge is -2.23. The summed E-state index contributed by atoms with van der Waals surface area (Å²) in [7, 11) is 0. The van der Waals surface area contributed by atoms with Gasteiger partial charge in [-0.25, -0.2) is 0 Å². The zero-order valence-electron chi connectivity index (χ0n) is 16.5. The molecule has 0 saturated heterocycles. The standard InChI is InChI=1S/C25H19ClN2O3/c26-17-10-12-18(13-11-17)27-25(31)22(14-16-6-2-1-3-7-16)28-21-15-23(29)19-8-4-5-9-20(19)24(21)30/h1-13,15,22,28H,14H2,(H,27,31). The Hall–Kier alpha value is -3.70. The molecule has 3 aromatic rings. The van der Waals surface area contributed by atoms with Crippen LogP contribution in [0.2, 0.25) is 5.02 Å². The number of allylic oxidation sites excluding steroid dienone is 2. The fourth-order valence-corrected chi connectivity index (χ4v) is 3.56. The van der Waals surface area contributed by atoms with E-state index in [1.54, 1.807) is 48.5 Å². The van der Waals surface area contributed by atoms with E-state index in [4.69, 9.17) is 11.6 Å². The number of rotatable bonds is 6. The van der Waals surface area contributed by atoms with Gasteiger partial charge in [-0.05, 0) is 29.8 Å². The largest absolute Gasteiger partial charge is 0.370 e. The first-order valence-electron chi connectivity index (χ1n) is 9.78. The van der Waals surface area contributed by atoms with Crippen molar-refractivity contribution in [3.05, 3.63) is 112 Å². The summed E-state index contributed by atoms with van der Waals surface area (Å²) in [4.78, 5) is 38.5. The molecule has 2 N–H and O–H groups in total. The molecular weight excluding hydrogens is 412 g/mol. The van der Waals surface area contributed by atoms with Gasteiger partial charge in [0.25, 0.3) is 0 Å². The molecule has 1 amide bonds. The summed E-state index contributed by atoms with van der Waals surface area (Å²) in [5, 5.41) is 6.41. The molecule has 1 aliphatic rings. The first-order chi connectivity index (χ1) is 15.0. The number of Topliss-reactive ketones (excluding diaryl/α,β-unsaturated/α-hetero) is 1. The predicted molar refractivity (Wildman–Crippen MR) is 120 cm³/mol. The zero-order chi connectivity index (χ0) is 21.8. The number of carbonyl (C=O) groups is 3. The molecule has 0 heterocycles. The van der Waals surface area contributed by atoms with Gasteiger partial charge < -0.3 is 10.6 Å². The molecule has 0 fully saturated rings. The predicted octanol–water partition coefficient (Wildman–Crippen LogP) is 4.44. The topological polar surface area (TPSA) is 75.3 Å². The van der Waals surface area contributed by atoms with Crippen LogP contribution in [0.25, 0.3) is 0 Å². The lowest BCUT2D eigenvalue weighted by Crippen LogP contribution is -2.44. The Labute approximate surface area is 184 Å². The van der Waals surface area contributed by atoms with Crippen LogP contribution in [0.3, 0.4) is 0 Å². The number of nitrogens with one attached hydrogen (secondary N) is 2. The quantitative estimate of drug-likeness (QED) is 0.606. The number of carbonyl (C=O) groups excluding carboxylic acids is 3. The molecular formula is C25H19ClN2O3. The molecule has 5 nitrogen and oxygen atoms in total. The Morgan fingerprint density at radius 1 is 0.839 bits per heavy atom. The van der Waals surface area contributed by atoms with E-state index in [-0.39, 0.29) is 23.2 Å². The van der Waals surface area contributed by atoms with E-state index in [0.717, 1.165) is 5.56 Å². The first kappa shape index (κ1) is 20.6. The monoisotopic (exact) mass is 430 g/mol. The lowest BCUT2D eigenvalue weighted by atomic mass is 9.92. The van der Waals surface area contributed by atoms with Crippen molar-refractivity contribution in [2.75, 3.05) is 5.32 Å². The summed E-state index contributed by atoms with van der Waals surface area (Å²) < 4.78 is 0. The summed E-state index contributed by atoms with van der Waals surface area (Å²) in [6.45, 7) is 0. The summed E-state index contributed by atoms with van der Waals surface area (Å²) in [5.41, 5.74) is 2.30. The van der Waals surface area contributed by atoms with Crippen molar-refractivity contribution in [3.8, 4) is 0 Å². The van der Waals surface area contributed by atoms with E-state index in [1.165, 1.54) is 6.08 Å². The SMILES string of the molecule is O=C1C=C(NC(Cc2ccccc2)C(=O)Nc2ccc(Cl)cc2)C(=O)c2ccccc21. The van der Waals surface area contributed by atoms with Crippen LogP contribution in [0.4, 0.5) is 5.69 Å². The second kappa shape index (κ2) is 8.98. The highest BCUT2D eigenvalue weighted by atomic mass is 35.5. The number of hydrogen-bond donors (Lipinski definition) is 2. The van der Waals surface area contributed by atoms with Gasteiger partial charge in [-0.15, -0.1) is 0 Å². The van der Waals surface area contributed by atoms with Crippen molar-refractivity contribution in [1.29, 1.82) is 0 Å². The minimum Gasteiger partial charge on any atom is -0.370 e. The van der Waals surface area contributed by atoms with Crippen LogP contribution in [0.1, 0.15) is 26.3 Å². The molecule has 0 saturated carbocycles. The van der Waals surface area contributed by atoms with E-state index >= 15 is 0 Å². The average Bonchev–Trinajstić information content (AvgIpc) is 2.79. The molecule has 0 aliphatic heterocycles. The summed E-state index contributed by atoms with van der Waals surface area (Å²) >= 11 is 5.92. The number of amides is 1. The van der Waals surface area contributed by atoms with Gasteiger partial charge in [0, 0.05) is 34.3 Å². The Morgan fingerprint density at radius 3 is 2.19 bits per heavy atom. The van der Waals surface area contributed by atoms with Gasteiger partial charge in [-0.3, -0.25) is 14.4 Å². The molecule has 1 atom stereocenters. The molecule has 1 unspecified atom stereocenters. The Bertz CT molecular complexity index is 1170. The third kappa shape index (κ3) is 4.73. The average molecular weight is 431 g/mol. The highest BCUT2D eigenvalue weighted by molar-refractivity contribution is 6.30. The maximum atomic E-state index is 13.1.